The number of carbonyl (C=O) groups is 2. The number of hydrogen-bond acceptors (Lipinski definition) is 3. The van der Waals surface area contributed by atoms with Crippen molar-refractivity contribution >= 4 is 29.2 Å². The van der Waals surface area contributed by atoms with Crippen LogP contribution < -0.4 is 5.32 Å². The van der Waals surface area contributed by atoms with Crippen LogP contribution in [0.5, 0.6) is 0 Å². The Bertz CT molecular complexity index is 1130. The third kappa shape index (κ3) is 5.23. The molecule has 0 heterocycles. The minimum atomic E-state index is -4.70. The number of carbonyl (C=O) groups excluding carboxylic acids is 2. The van der Waals surface area contributed by atoms with Gasteiger partial charge in [-0.1, -0.05) is 48.0 Å². The fourth-order valence-electron chi connectivity index (χ4n) is 2.76. The Morgan fingerprint density at radius 2 is 1.53 bits per heavy atom. The topological polar surface area (TPSA) is 55.4 Å². The van der Waals surface area contributed by atoms with Gasteiger partial charge in [-0.25, -0.2) is 13.6 Å². The summed E-state index contributed by atoms with van der Waals surface area (Å²) in [6.45, 7) is 0. The zero-order chi connectivity index (χ0) is 23.5. The lowest BCUT2D eigenvalue weighted by Crippen LogP contribution is -2.27. The largest absolute Gasteiger partial charge is 0.444 e. The molecule has 0 radical (unpaired) electrons. The van der Waals surface area contributed by atoms with Crippen LogP contribution in [0.1, 0.15) is 27.6 Å². The molecule has 0 aliphatic heterocycles. The van der Waals surface area contributed by atoms with Gasteiger partial charge in [-0.15, -0.1) is 0 Å². The average molecular weight is 470 g/mol. The smallest absolute Gasteiger partial charge is 0.416 e. The summed E-state index contributed by atoms with van der Waals surface area (Å²) in [4.78, 5) is 25.3. The van der Waals surface area contributed by atoms with Gasteiger partial charge in [-0.05, 0) is 30.3 Å². The second-order valence-electron chi connectivity index (χ2n) is 6.47. The van der Waals surface area contributed by atoms with E-state index >= 15 is 0 Å². The fourth-order valence-corrected chi connectivity index (χ4v) is 2.92. The van der Waals surface area contributed by atoms with Crippen molar-refractivity contribution in [2.45, 2.75) is 12.3 Å². The Kier molecular flexibility index (Phi) is 6.78. The van der Waals surface area contributed by atoms with Crippen molar-refractivity contribution in [2.75, 3.05) is 5.32 Å². The Morgan fingerprint density at radius 1 is 0.906 bits per heavy atom. The highest BCUT2D eigenvalue weighted by Gasteiger charge is 2.32. The Morgan fingerprint density at radius 3 is 2.12 bits per heavy atom. The fraction of sp³-hybridized carbons (Fsp3) is 0.0909. The Hall–Kier alpha value is -3.46. The first kappa shape index (κ1) is 23.2. The highest BCUT2D eigenvalue weighted by Crippen LogP contribution is 2.34. The molecule has 0 aliphatic rings. The van der Waals surface area contributed by atoms with Crippen LogP contribution in [0.25, 0.3) is 0 Å². The molecule has 4 nitrogen and oxygen atoms in total. The predicted molar refractivity (Wildman–Crippen MR) is 106 cm³/mol. The molecular weight excluding hydrogens is 457 g/mol. The van der Waals surface area contributed by atoms with E-state index in [1.165, 1.54) is 24.3 Å². The molecule has 1 atom stereocenters. The summed E-state index contributed by atoms with van der Waals surface area (Å²) in [6.07, 6.45) is -6.44. The van der Waals surface area contributed by atoms with Crippen molar-refractivity contribution in [3.63, 3.8) is 0 Å². The molecule has 0 saturated heterocycles. The lowest BCUT2D eigenvalue weighted by molar-refractivity contribution is -0.137. The van der Waals surface area contributed by atoms with Gasteiger partial charge in [-0.3, -0.25) is 4.79 Å². The molecule has 32 heavy (non-hydrogen) atoms. The zero-order valence-electron chi connectivity index (χ0n) is 15.9. The van der Waals surface area contributed by atoms with Gasteiger partial charge in [0.1, 0.15) is 17.2 Å². The third-order valence-electron chi connectivity index (χ3n) is 4.28. The normalized spacial score (nSPS) is 12.2. The number of hydrogen-bond donors (Lipinski definition) is 1. The molecule has 0 bridgehead atoms. The summed E-state index contributed by atoms with van der Waals surface area (Å²) in [6, 6.07) is 12.4. The van der Waals surface area contributed by atoms with Crippen molar-refractivity contribution in [1.82, 2.24) is 0 Å². The maximum absolute atomic E-state index is 13.9. The number of rotatable bonds is 5. The van der Waals surface area contributed by atoms with E-state index in [4.69, 9.17) is 16.3 Å². The Labute approximate surface area is 183 Å². The van der Waals surface area contributed by atoms with E-state index in [1.54, 1.807) is 6.07 Å². The molecule has 1 unspecified atom stereocenters. The lowest BCUT2D eigenvalue weighted by Gasteiger charge is -2.19. The van der Waals surface area contributed by atoms with Crippen LogP contribution in [0.15, 0.2) is 66.7 Å². The van der Waals surface area contributed by atoms with Gasteiger partial charge in [0.15, 0.2) is 0 Å². The average Bonchev–Trinajstić information content (AvgIpc) is 2.73. The van der Waals surface area contributed by atoms with E-state index in [1.807, 2.05) is 0 Å². The second kappa shape index (κ2) is 9.35. The van der Waals surface area contributed by atoms with Crippen molar-refractivity contribution in [3.05, 3.63) is 100 Å². The van der Waals surface area contributed by atoms with Crippen LogP contribution in [-0.4, -0.2) is 11.9 Å². The van der Waals surface area contributed by atoms with Crippen molar-refractivity contribution in [2.24, 2.45) is 0 Å². The lowest BCUT2D eigenvalue weighted by atomic mass is 10.1. The molecule has 166 valence electrons. The quantitative estimate of drug-likeness (QED) is 0.359. The van der Waals surface area contributed by atoms with Crippen LogP contribution >= 0.6 is 11.6 Å². The molecule has 0 aliphatic carbocycles. The van der Waals surface area contributed by atoms with Gasteiger partial charge in [0.05, 0.1) is 16.3 Å². The van der Waals surface area contributed by atoms with Gasteiger partial charge in [0.2, 0.25) is 6.10 Å². The van der Waals surface area contributed by atoms with Gasteiger partial charge < -0.3 is 10.1 Å². The van der Waals surface area contributed by atoms with E-state index in [-0.39, 0.29) is 16.3 Å². The van der Waals surface area contributed by atoms with Crippen LogP contribution in [0.4, 0.5) is 27.6 Å². The summed E-state index contributed by atoms with van der Waals surface area (Å²) in [7, 11) is 0. The highest BCUT2D eigenvalue weighted by molar-refractivity contribution is 6.33. The summed E-state index contributed by atoms with van der Waals surface area (Å²) < 4.78 is 71.9. The molecule has 0 aromatic heterocycles. The third-order valence-corrected chi connectivity index (χ3v) is 4.61. The summed E-state index contributed by atoms with van der Waals surface area (Å²) in [5.74, 6) is -4.96. The molecule has 3 rings (SSSR count). The first-order chi connectivity index (χ1) is 15.1. The zero-order valence-corrected chi connectivity index (χ0v) is 16.7. The molecule has 0 saturated carbocycles. The summed E-state index contributed by atoms with van der Waals surface area (Å²) >= 11 is 5.90. The van der Waals surface area contributed by atoms with Crippen LogP contribution in [-0.2, 0) is 15.7 Å². The van der Waals surface area contributed by atoms with E-state index in [9.17, 15) is 31.5 Å². The first-order valence-electron chi connectivity index (χ1n) is 8.95. The van der Waals surface area contributed by atoms with Gasteiger partial charge >= 0.3 is 12.1 Å². The van der Waals surface area contributed by atoms with E-state index in [2.05, 4.69) is 5.32 Å². The van der Waals surface area contributed by atoms with Crippen molar-refractivity contribution < 1.29 is 36.3 Å². The Balaban J connectivity index is 1.94. The maximum atomic E-state index is 13.9. The number of alkyl halides is 3. The van der Waals surface area contributed by atoms with E-state index in [0.717, 1.165) is 30.3 Å². The van der Waals surface area contributed by atoms with Crippen molar-refractivity contribution in [1.29, 1.82) is 0 Å². The molecular formula is C22H13ClF5NO3. The number of benzene rings is 3. The maximum Gasteiger partial charge on any atom is 0.416 e. The molecule has 1 N–H and O–H groups in total. The minimum absolute atomic E-state index is 0.109. The number of amides is 1. The second-order valence-corrected chi connectivity index (χ2v) is 6.88. The van der Waals surface area contributed by atoms with E-state index in [0.29, 0.717) is 6.07 Å². The van der Waals surface area contributed by atoms with Crippen LogP contribution in [0.3, 0.4) is 0 Å². The van der Waals surface area contributed by atoms with Crippen molar-refractivity contribution in [3.8, 4) is 0 Å². The number of ether oxygens (including phenoxy) is 1. The van der Waals surface area contributed by atoms with Crippen LogP contribution in [0.2, 0.25) is 5.02 Å². The first-order valence-corrected chi connectivity index (χ1v) is 9.33. The van der Waals surface area contributed by atoms with Gasteiger partial charge in [0.25, 0.3) is 5.91 Å². The molecule has 0 fully saturated rings. The van der Waals surface area contributed by atoms with E-state index < -0.39 is 46.9 Å². The molecule has 1 amide bonds. The monoisotopic (exact) mass is 469 g/mol. The van der Waals surface area contributed by atoms with Gasteiger partial charge in [0, 0.05) is 5.56 Å². The molecule has 3 aromatic rings. The number of anilines is 1. The summed E-state index contributed by atoms with van der Waals surface area (Å²) in [5.41, 5.74) is -2.36. The minimum Gasteiger partial charge on any atom is -0.444 e. The number of halogens is 6. The standard InChI is InChI=1S/C22H13ClF5NO3/c23-14-10-9-13(22(26,27)28)11-17(14)29-20(30)19(12-5-2-1-3-6-12)32-21(31)18-15(24)7-4-8-16(18)25/h1-11,19H,(H,29,30). The number of esters is 1. The van der Waals surface area contributed by atoms with Gasteiger partial charge in [-0.2, -0.15) is 13.2 Å². The molecule has 0 spiro atoms. The van der Waals surface area contributed by atoms with Crippen LogP contribution in [0, 0.1) is 11.6 Å². The molecule has 10 heteroatoms. The highest BCUT2D eigenvalue weighted by atomic mass is 35.5. The predicted octanol–water partition coefficient (Wildman–Crippen LogP) is 6.17. The molecule has 3 aromatic carbocycles. The SMILES string of the molecule is O=C(OC(C(=O)Nc1cc(C(F)(F)F)ccc1Cl)c1ccccc1)c1c(F)cccc1F. The number of nitrogens with one attached hydrogen (secondary N) is 1. The summed E-state index contributed by atoms with van der Waals surface area (Å²) in [5, 5.41) is 1.97.